The van der Waals surface area contributed by atoms with Crippen molar-refractivity contribution in [1.29, 1.82) is 5.26 Å². The lowest BCUT2D eigenvalue weighted by molar-refractivity contribution is 0.0696. The smallest absolute Gasteiger partial charge is 0.339 e. The third-order valence-corrected chi connectivity index (χ3v) is 3.79. The zero-order valence-electron chi connectivity index (χ0n) is 13.1. The molecule has 0 spiro atoms. The van der Waals surface area contributed by atoms with Crippen LogP contribution in [0.2, 0.25) is 0 Å². The Kier molecular flexibility index (Phi) is 4.13. The molecule has 3 aromatic rings. The summed E-state index contributed by atoms with van der Waals surface area (Å²) >= 11 is 0. The first kappa shape index (κ1) is 15.5. The number of carboxylic acids is 1. The van der Waals surface area contributed by atoms with Crippen LogP contribution in [0.4, 0.5) is 0 Å². The van der Waals surface area contributed by atoms with Crippen molar-refractivity contribution in [1.82, 2.24) is 9.78 Å². The number of aromatic carboxylic acids is 1. The van der Waals surface area contributed by atoms with Crippen LogP contribution < -0.4 is 0 Å². The summed E-state index contributed by atoms with van der Waals surface area (Å²) in [5, 5.41) is 23.1. The van der Waals surface area contributed by atoms with Gasteiger partial charge in [0.25, 0.3) is 0 Å². The maximum Gasteiger partial charge on any atom is 0.339 e. The van der Waals surface area contributed by atoms with Crippen LogP contribution in [0.1, 0.15) is 28.5 Å². The molecule has 5 nitrogen and oxygen atoms in total. The van der Waals surface area contributed by atoms with Crippen LogP contribution in [0.3, 0.4) is 0 Å². The zero-order valence-corrected chi connectivity index (χ0v) is 13.1. The Bertz CT molecular complexity index is 920. The van der Waals surface area contributed by atoms with E-state index in [2.05, 4.69) is 11.2 Å². The summed E-state index contributed by atoms with van der Waals surface area (Å²) in [5.74, 6) is -0.995. The number of carboxylic acid groups (broad SMARTS) is 1. The van der Waals surface area contributed by atoms with Crippen LogP contribution in [0.25, 0.3) is 16.9 Å². The van der Waals surface area contributed by atoms with E-state index in [1.807, 2.05) is 37.3 Å². The van der Waals surface area contributed by atoms with E-state index in [9.17, 15) is 9.90 Å². The summed E-state index contributed by atoms with van der Waals surface area (Å²) in [6.45, 7) is 1.88. The molecule has 0 radical (unpaired) electrons. The molecule has 24 heavy (non-hydrogen) atoms. The summed E-state index contributed by atoms with van der Waals surface area (Å²) in [7, 11) is 0. The second-order valence-electron chi connectivity index (χ2n) is 5.27. The zero-order chi connectivity index (χ0) is 17.1. The van der Waals surface area contributed by atoms with Crippen molar-refractivity contribution < 1.29 is 9.90 Å². The van der Waals surface area contributed by atoms with E-state index in [0.717, 1.165) is 11.3 Å². The largest absolute Gasteiger partial charge is 0.478 e. The van der Waals surface area contributed by atoms with E-state index in [1.165, 1.54) is 0 Å². The summed E-state index contributed by atoms with van der Waals surface area (Å²) in [6.07, 6.45) is 0.519. The molecule has 0 bridgehead atoms. The van der Waals surface area contributed by atoms with Gasteiger partial charge >= 0.3 is 5.97 Å². The van der Waals surface area contributed by atoms with Gasteiger partial charge in [-0.05, 0) is 30.7 Å². The Morgan fingerprint density at radius 2 is 1.83 bits per heavy atom. The van der Waals surface area contributed by atoms with Gasteiger partial charge in [-0.2, -0.15) is 10.4 Å². The lowest BCUT2D eigenvalue weighted by Gasteiger charge is -2.09. The first-order valence-electron chi connectivity index (χ1n) is 7.56. The predicted octanol–water partition coefficient (Wildman–Crippen LogP) is 3.67. The van der Waals surface area contributed by atoms with Gasteiger partial charge in [0.1, 0.15) is 5.56 Å². The molecule has 1 aromatic heterocycles. The van der Waals surface area contributed by atoms with Gasteiger partial charge < -0.3 is 5.11 Å². The van der Waals surface area contributed by atoms with Gasteiger partial charge in [-0.3, -0.25) is 0 Å². The molecule has 118 valence electrons. The second kappa shape index (κ2) is 6.39. The summed E-state index contributed by atoms with van der Waals surface area (Å²) in [4.78, 5) is 11.8. The highest BCUT2D eigenvalue weighted by atomic mass is 16.4. The van der Waals surface area contributed by atoms with Gasteiger partial charge in [-0.1, -0.05) is 37.3 Å². The fourth-order valence-electron chi connectivity index (χ4n) is 2.66. The van der Waals surface area contributed by atoms with Crippen molar-refractivity contribution in [3.8, 4) is 23.0 Å². The minimum Gasteiger partial charge on any atom is -0.478 e. The van der Waals surface area contributed by atoms with Crippen LogP contribution in [-0.2, 0) is 6.42 Å². The number of benzene rings is 2. The van der Waals surface area contributed by atoms with Crippen molar-refractivity contribution in [2.75, 3.05) is 0 Å². The third-order valence-electron chi connectivity index (χ3n) is 3.79. The number of aromatic nitrogens is 2. The van der Waals surface area contributed by atoms with Crippen molar-refractivity contribution in [3.63, 3.8) is 0 Å². The molecule has 0 aliphatic heterocycles. The average molecular weight is 317 g/mol. The number of carbonyl (C=O) groups is 1. The van der Waals surface area contributed by atoms with Crippen LogP contribution in [0.15, 0.2) is 54.6 Å². The standard InChI is InChI=1S/C19H15N3O2/c1-2-16-17(19(23)24)18(14-6-4-3-5-7-14)22(21-16)15-10-8-13(12-20)9-11-15/h3-11H,2H2,1H3,(H,23,24). The first-order valence-corrected chi connectivity index (χ1v) is 7.56. The molecule has 5 heteroatoms. The van der Waals surface area contributed by atoms with Crippen molar-refractivity contribution >= 4 is 5.97 Å². The monoisotopic (exact) mass is 317 g/mol. The summed E-state index contributed by atoms with van der Waals surface area (Å²) in [6, 6.07) is 18.3. The van der Waals surface area contributed by atoms with E-state index in [1.54, 1.807) is 28.9 Å². The van der Waals surface area contributed by atoms with Crippen LogP contribution in [0.5, 0.6) is 0 Å². The SMILES string of the molecule is CCc1nn(-c2ccc(C#N)cc2)c(-c2ccccc2)c1C(=O)O. The molecule has 3 rings (SSSR count). The molecule has 0 unspecified atom stereocenters. The second-order valence-corrected chi connectivity index (χ2v) is 5.27. The van der Waals surface area contributed by atoms with Gasteiger partial charge in [-0.15, -0.1) is 0 Å². The average Bonchev–Trinajstić information content (AvgIpc) is 3.02. The number of nitrogens with zero attached hydrogens (tertiary/aromatic N) is 3. The molecule has 0 saturated heterocycles. The molecule has 1 heterocycles. The fraction of sp³-hybridized carbons (Fsp3) is 0.105. The molecule has 1 N–H and O–H groups in total. The Balaban J connectivity index is 2.29. The lowest BCUT2D eigenvalue weighted by atomic mass is 10.0. The maximum absolute atomic E-state index is 11.8. The third kappa shape index (κ3) is 2.66. The predicted molar refractivity (Wildman–Crippen MR) is 90.1 cm³/mol. The lowest BCUT2D eigenvalue weighted by Crippen LogP contribution is -2.03. The number of hydrogen-bond donors (Lipinski definition) is 1. The van der Waals surface area contributed by atoms with Crippen molar-refractivity contribution in [2.45, 2.75) is 13.3 Å². The van der Waals surface area contributed by atoms with E-state index >= 15 is 0 Å². The summed E-state index contributed by atoms with van der Waals surface area (Å²) in [5.41, 5.74) is 3.34. The minimum atomic E-state index is -0.995. The summed E-state index contributed by atoms with van der Waals surface area (Å²) < 4.78 is 1.64. The molecule has 0 aliphatic carbocycles. The molecule has 0 fully saturated rings. The van der Waals surface area contributed by atoms with E-state index in [-0.39, 0.29) is 5.56 Å². The maximum atomic E-state index is 11.8. The van der Waals surface area contributed by atoms with Gasteiger partial charge in [-0.25, -0.2) is 9.48 Å². The highest BCUT2D eigenvalue weighted by Gasteiger charge is 2.24. The Morgan fingerprint density at radius 1 is 1.17 bits per heavy atom. The Hall–Kier alpha value is -3.39. The highest BCUT2D eigenvalue weighted by molar-refractivity contribution is 5.96. The molecule has 0 amide bonds. The van der Waals surface area contributed by atoms with Crippen molar-refractivity contribution in [2.24, 2.45) is 0 Å². The quantitative estimate of drug-likeness (QED) is 0.796. The molecular weight excluding hydrogens is 302 g/mol. The van der Waals surface area contributed by atoms with Gasteiger partial charge in [0.05, 0.1) is 28.7 Å². The van der Waals surface area contributed by atoms with E-state index < -0.39 is 5.97 Å². The van der Waals surface area contributed by atoms with Gasteiger partial charge in [0, 0.05) is 5.56 Å². The highest BCUT2D eigenvalue weighted by Crippen LogP contribution is 2.29. The molecular formula is C19H15N3O2. The molecule has 0 aliphatic rings. The minimum absolute atomic E-state index is 0.216. The number of rotatable bonds is 4. The number of hydrogen-bond acceptors (Lipinski definition) is 3. The Morgan fingerprint density at radius 3 is 2.38 bits per heavy atom. The van der Waals surface area contributed by atoms with Gasteiger partial charge in [0.15, 0.2) is 0 Å². The Labute approximate surface area is 139 Å². The fourth-order valence-corrected chi connectivity index (χ4v) is 2.66. The van der Waals surface area contributed by atoms with Crippen molar-refractivity contribution in [3.05, 3.63) is 71.4 Å². The van der Waals surface area contributed by atoms with Crippen LogP contribution in [-0.4, -0.2) is 20.9 Å². The van der Waals surface area contributed by atoms with E-state index in [4.69, 9.17) is 5.26 Å². The normalized spacial score (nSPS) is 10.3. The van der Waals surface area contributed by atoms with Gasteiger partial charge in [0.2, 0.25) is 0 Å². The molecule has 0 saturated carbocycles. The molecule has 2 aromatic carbocycles. The first-order chi connectivity index (χ1) is 11.7. The molecule has 0 atom stereocenters. The number of aryl methyl sites for hydroxylation is 1. The van der Waals surface area contributed by atoms with Crippen LogP contribution in [0, 0.1) is 11.3 Å². The van der Waals surface area contributed by atoms with E-state index in [0.29, 0.717) is 23.4 Å². The van der Waals surface area contributed by atoms with Crippen LogP contribution >= 0.6 is 0 Å². The topological polar surface area (TPSA) is 78.9 Å². The number of nitriles is 1.